The van der Waals surface area contributed by atoms with Crippen molar-refractivity contribution in [1.82, 2.24) is 15.2 Å². The van der Waals surface area contributed by atoms with Gasteiger partial charge in [-0.2, -0.15) is 0 Å². The smallest absolute Gasteiger partial charge is 0.266 e. The minimum Gasteiger partial charge on any atom is -0.381 e. The fourth-order valence-corrected chi connectivity index (χ4v) is 1.93. The average molecular weight is 233 g/mol. The molecule has 0 aliphatic heterocycles. The van der Waals surface area contributed by atoms with Crippen LogP contribution in [0, 0.1) is 0 Å². The van der Waals surface area contributed by atoms with Crippen molar-refractivity contribution < 1.29 is 13.2 Å². The third-order valence-corrected chi connectivity index (χ3v) is 3.27. The fourth-order valence-electron chi connectivity index (χ4n) is 0.979. The highest BCUT2D eigenvalue weighted by atomic mass is 32.2. The first kappa shape index (κ1) is 12.1. The zero-order chi connectivity index (χ0) is 11.3. The van der Waals surface area contributed by atoms with Gasteiger partial charge < -0.3 is 4.74 Å². The Labute approximate surface area is 89.0 Å². The fraction of sp³-hybridized carbons (Fsp3) is 0.750. The molecule has 0 saturated carbocycles. The number of H-pyrrole nitrogens is 1. The summed E-state index contributed by atoms with van der Waals surface area (Å²) in [6.45, 7) is 4.37. The Hall–Kier alpha value is -0.950. The summed E-state index contributed by atoms with van der Waals surface area (Å²) >= 11 is 0. The first-order valence-corrected chi connectivity index (χ1v) is 6.47. The van der Waals surface area contributed by atoms with Gasteiger partial charge in [-0.25, -0.2) is 13.4 Å². The molecule has 1 aromatic heterocycles. The van der Waals surface area contributed by atoms with E-state index in [1.807, 2.05) is 13.8 Å². The molecule has 0 aliphatic carbocycles. The molecule has 0 aromatic carbocycles. The van der Waals surface area contributed by atoms with Crippen molar-refractivity contribution in [3.63, 3.8) is 0 Å². The van der Waals surface area contributed by atoms with Gasteiger partial charge in [-0.15, -0.1) is 5.10 Å². The molecule has 0 radical (unpaired) electrons. The highest BCUT2D eigenvalue weighted by molar-refractivity contribution is 7.91. The van der Waals surface area contributed by atoms with Crippen LogP contribution in [0.4, 0.5) is 0 Å². The third-order valence-electron chi connectivity index (χ3n) is 1.82. The molecule has 1 N–H and O–H groups in total. The van der Waals surface area contributed by atoms with Gasteiger partial charge in [0.05, 0.1) is 12.4 Å². The second-order valence-electron chi connectivity index (χ2n) is 2.93. The standard InChI is InChI=1S/C8H15N3O3S/c1-3-7-9-8(11-10-7)15(12,13)6-5-14-4-2/h3-6H2,1-2H3,(H,9,10,11). The lowest BCUT2D eigenvalue weighted by Crippen LogP contribution is -2.14. The van der Waals surface area contributed by atoms with Gasteiger partial charge >= 0.3 is 0 Å². The summed E-state index contributed by atoms with van der Waals surface area (Å²) in [5, 5.41) is 6.09. The molecule has 1 rings (SSSR count). The SMILES string of the molecule is CCOCCS(=O)(=O)c1n[nH]c(CC)n1. The van der Waals surface area contributed by atoms with Crippen molar-refractivity contribution in [1.29, 1.82) is 0 Å². The van der Waals surface area contributed by atoms with Gasteiger partial charge in [-0.05, 0) is 6.92 Å². The Kier molecular flexibility index (Phi) is 4.22. The maximum atomic E-state index is 11.6. The van der Waals surface area contributed by atoms with Crippen LogP contribution in [-0.4, -0.2) is 42.6 Å². The summed E-state index contributed by atoms with van der Waals surface area (Å²) in [6, 6.07) is 0. The predicted octanol–water partition coefficient (Wildman–Crippen LogP) is 0.177. The molecule has 0 atom stereocenters. The van der Waals surface area contributed by atoms with E-state index in [2.05, 4.69) is 15.2 Å². The Morgan fingerprint density at radius 2 is 2.13 bits per heavy atom. The Morgan fingerprint density at radius 3 is 2.67 bits per heavy atom. The highest BCUT2D eigenvalue weighted by Crippen LogP contribution is 2.04. The van der Waals surface area contributed by atoms with Crippen LogP contribution in [0.25, 0.3) is 0 Å². The number of nitrogens with one attached hydrogen (secondary N) is 1. The van der Waals surface area contributed by atoms with Crippen molar-refractivity contribution in [2.24, 2.45) is 0 Å². The van der Waals surface area contributed by atoms with Gasteiger partial charge in [0.15, 0.2) is 0 Å². The minimum absolute atomic E-state index is 0.0815. The van der Waals surface area contributed by atoms with E-state index >= 15 is 0 Å². The summed E-state index contributed by atoms with van der Waals surface area (Å²) in [5.74, 6) is 0.493. The van der Waals surface area contributed by atoms with Gasteiger partial charge in [0.25, 0.3) is 5.16 Å². The number of nitrogens with zero attached hydrogens (tertiary/aromatic N) is 2. The van der Waals surface area contributed by atoms with Gasteiger partial charge in [-0.3, -0.25) is 5.10 Å². The van der Waals surface area contributed by atoms with Crippen molar-refractivity contribution >= 4 is 9.84 Å². The molecule has 0 bridgehead atoms. The summed E-state index contributed by atoms with van der Waals surface area (Å²) in [4.78, 5) is 3.87. The van der Waals surface area contributed by atoms with Gasteiger partial charge in [0.2, 0.25) is 9.84 Å². The predicted molar refractivity (Wildman–Crippen MR) is 54.3 cm³/mol. The number of hydrogen-bond acceptors (Lipinski definition) is 5. The van der Waals surface area contributed by atoms with Crippen LogP contribution in [0.2, 0.25) is 0 Å². The normalized spacial score (nSPS) is 11.9. The van der Waals surface area contributed by atoms with Gasteiger partial charge in [-0.1, -0.05) is 6.92 Å². The average Bonchev–Trinajstić information content (AvgIpc) is 2.66. The number of rotatable bonds is 6. The summed E-state index contributed by atoms with van der Waals surface area (Å²) in [7, 11) is -3.40. The van der Waals surface area contributed by atoms with Crippen molar-refractivity contribution in [3.05, 3.63) is 5.82 Å². The van der Waals surface area contributed by atoms with Crippen LogP contribution in [-0.2, 0) is 21.0 Å². The second-order valence-corrected chi connectivity index (χ2v) is 4.94. The lowest BCUT2D eigenvalue weighted by Gasteiger charge is -1.99. The molecule has 0 amide bonds. The molecule has 0 aliphatic rings. The van der Waals surface area contributed by atoms with E-state index in [-0.39, 0.29) is 17.5 Å². The van der Waals surface area contributed by atoms with E-state index < -0.39 is 9.84 Å². The second kappa shape index (κ2) is 5.22. The van der Waals surface area contributed by atoms with E-state index in [1.54, 1.807) is 0 Å². The van der Waals surface area contributed by atoms with E-state index in [0.29, 0.717) is 18.9 Å². The van der Waals surface area contributed by atoms with Crippen LogP contribution in [0.1, 0.15) is 19.7 Å². The van der Waals surface area contributed by atoms with Gasteiger partial charge in [0.1, 0.15) is 5.82 Å². The molecule has 0 fully saturated rings. The molecular formula is C8H15N3O3S. The maximum absolute atomic E-state index is 11.6. The lowest BCUT2D eigenvalue weighted by atomic mass is 10.5. The minimum atomic E-state index is -3.40. The molecule has 6 nitrogen and oxygen atoms in total. The zero-order valence-electron chi connectivity index (χ0n) is 8.86. The molecule has 0 unspecified atom stereocenters. The van der Waals surface area contributed by atoms with E-state index in [4.69, 9.17) is 4.74 Å². The quantitative estimate of drug-likeness (QED) is 0.708. The number of aromatic amines is 1. The van der Waals surface area contributed by atoms with E-state index in [0.717, 1.165) is 0 Å². The number of aryl methyl sites for hydroxylation is 1. The molecule has 86 valence electrons. The van der Waals surface area contributed by atoms with Crippen LogP contribution in [0.5, 0.6) is 0 Å². The van der Waals surface area contributed by atoms with Crippen LogP contribution in [0.15, 0.2) is 5.16 Å². The summed E-state index contributed by atoms with van der Waals surface area (Å²) in [5.41, 5.74) is 0. The summed E-state index contributed by atoms with van der Waals surface area (Å²) < 4.78 is 28.2. The highest BCUT2D eigenvalue weighted by Gasteiger charge is 2.19. The lowest BCUT2D eigenvalue weighted by molar-refractivity contribution is 0.163. The number of ether oxygens (including phenoxy) is 1. The zero-order valence-corrected chi connectivity index (χ0v) is 9.67. The Bertz CT molecular complexity index is 399. The number of aromatic nitrogens is 3. The summed E-state index contributed by atoms with van der Waals surface area (Å²) in [6.07, 6.45) is 0.633. The van der Waals surface area contributed by atoms with Crippen LogP contribution in [0.3, 0.4) is 0 Å². The van der Waals surface area contributed by atoms with Crippen LogP contribution >= 0.6 is 0 Å². The molecule has 15 heavy (non-hydrogen) atoms. The molecule has 0 spiro atoms. The first-order chi connectivity index (χ1) is 7.10. The topological polar surface area (TPSA) is 84.9 Å². The number of sulfone groups is 1. The number of hydrogen-bond donors (Lipinski definition) is 1. The molecule has 1 aromatic rings. The van der Waals surface area contributed by atoms with Crippen LogP contribution < -0.4 is 0 Å². The van der Waals surface area contributed by atoms with Crippen molar-refractivity contribution in [2.45, 2.75) is 25.4 Å². The van der Waals surface area contributed by atoms with E-state index in [9.17, 15) is 8.42 Å². The van der Waals surface area contributed by atoms with E-state index in [1.165, 1.54) is 0 Å². The first-order valence-electron chi connectivity index (χ1n) is 4.82. The monoisotopic (exact) mass is 233 g/mol. The van der Waals surface area contributed by atoms with Crippen molar-refractivity contribution in [3.8, 4) is 0 Å². The molecular weight excluding hydrogens is 218 g/mol. The van der Waals surface area contributed by atoms with Gasteiger partial charge in [0, 0.05) is 13.0 Å². The Morgan fingerprint density at radius 1 is 1.40 bits per heavy atom. The largest absolute Gasteiger partial charge is 0.381 e. The maximum Gasteiger partial charge on any atom is 0.266 e. The van der Waals surface area contributed by atoms with Crippen molar-refractivity contribution in [2.75, 3.05) is 19.0 Å². The Balaban J connectivity index is 2.68. The third kappa shape index (κ3) is 3.28. The molecule has 1 heterocycles. The molecule has 7 heteroatoms. The molecule has 0 saturated heterocycles.